The molecule has 2 nitrogen and oxygen atoms in total. The largest absolute Gasteiger partial charge is 0.616 e. The SMILES string of the molecule is CC(CCO)[S+](C)[O-]. The standard InChI is InChI=1S/C5H12O2S/c1-5(3-4-6)8(2)7/h5-6H,3-4H2,1-2H3. The van der Waals surface area contributed by atoms with Crippen LogP contribution in [0.25, 0.3) is 0 Å². The van der Waals surface area contributed by atoms with Gasteiger partial charge < -0.3 is 9.66 Å². The Kier molecular flexibility index (Phi) is 4.32. The summed E-state index contributed by atoms with van der Waals surface area (Å²) in [6.07, 6.45) is 2.30. The lowest BCUT2D eigenvalue weighted by Gasteiger charge is -2.11. The average molecular weight is 136 g/mol. The second kappa shape index (κ2) is 4.18. The van der Waals surface area contributed by atoms with E-state index in [2.05, 4.69) is 0 Å². The molecule has 0 aliphatic carbocycles. The minimum absolute atomic E-state index is 0.139. The van der Waals surface area contributed by atoms with Crippen LogP contribution in [0.5, 0.6) is 0 Å². The summed E-state index contributed by atoms with van der Waals surface area (Å²) in [5.74, 6) is 0. The highest BCUT2D eigenvalue weighted by Crippen LogP contribution is 2.00. The first-order valence-electron chi connectivity index (χ1n) is 2.61. The summed E-state index contributed by atoms with van der Waals surface area (Å²) in [4.78, 5) is 0. The number of aliphatic hydroxyl groups excluding tert-OH is 1. The lowest BCUT2D eigenvalue weighted by atomic mass is 10.4. The third-order valence-electron chi connectivity index (χ3n) is 1.10. The normalized spacial score (nSPS) is 18.0. The van der Waals surface area contributed by atoms with Crippen LogP contribution >= 0.6 is 0 Å². The van der Waals surface area contributed by atoms with E-state index in [-0.39, 0.29) is 11.9 Å². The van der Waals surface area contributed by atoms with Crippen LogP contribution in [0.1, 0.15) is 13.3 Å². The predicted molar refractivity (Wildman–Crippen MR) is 35.2 cm³/mol. The van der Waals surface area contributed by atoms with Crippen LogP contribution in [-0.4, -0.2) is 27.8 Å². The van der Waals surface area contributed by atoms with Crippen LogP contribution in [0.2, 0.25) is 0 Å². The maximum absolute atomic E-state index is 10.5. The molecule has 2 atom stereocenters. The van der Waals surface area contributed by atoms with E-state index >= 15 is 0 Å². The zero-order valence-corrected chi connectivity index (χ0v) is 6.07. The van der Waals surface area contributed by atoms with Gasteiger partial charge in [-0.2, -0.15) is 0 Å². The van der Waals surface area contributed by atoms with Crippen molar-refractivity contribution in [3.63, 3.8) is 0 Å². The van der Waals surface area contributed by atoms with E-state index in [1.807, 2.05) is 6.92 Å². The monoisotopic (exact) mass is 136 g/mol. The minimum atomic E-state index is -0.770. The topological polar surface area (TPSA) is 43.3 Å². The molecule has 0 bridgehead atoms. The number of hydrogen-bond acceptors (Lipinski definition) is 2. The molecule has 0 saturated heterocycles. The van der Waals surface area contributed by atoms with Gasteiger partial charge in [0.25, 0.3) is 0 Å². The quantitative estimate of drug-likeness (QED) is 0.561. The van der Waals surface area contributed by atoms with E-state index in [9.17, 15) is 4.55 Å². The third kappa shape index (κ3) is 3.29. The minimum Gasteiger partial charge on any atom is -0.616 e. The van der Waals surface area contributed by atoms with Crippen molar-refractivity contribution in [2.75, 3.05) is 12.9 Å². The maximum Gasteiger partial charge on any atom is 0.114 e. The van der Waals surface area contributed by atoms with E-state index < -0.39 is 11.2 Å². The van der Waals surface area contributed by atoms with E-state index in [4.69, 9.17) is 5.11 Å². The first kappa shape index (κ1) is 8.27. The van der Waals surface area contributed by atoms with E-state index in [0.717, 1.165) is 0 Å². The molecule has 0 radical (unpaired) electrons. The summed E-state index contributed by atoms with van der Waals surface area (Å²) in [6, 6.07) is 0. The lowest BCUT2D eigenvalue weighted by Crippen LogP contribution is -2.16. The Morgan fingerprint density at radius 3 is 2.38 bits per heavy atom. The van der Waals surface area contributed by atoms with Crippen LogP contribution in [0.15, 0.2) is 0 Å². The van der Waals surface area contributed by atoms with Crippen molar-refractivity contribution in [2.45, 2.75) is 18.6 Å². The molecule has 8 heavy (non-hydrogen) atoms. The average Bonchev–Trinajstić information content (AvgIpc) is 1.67. The van der Waals surface area contributed by atoms with Crippen molar-refractivity contribution in [3.05, 3.63) is 0 Å². The van der Waals surface area contributed by atoms with Gasteiger partial charge in [0.05, 0.1) is 6.26 Å². The molecule has 2 unspecified atom stereocenters. The molecule has 0 heterocycles. The molecule has 1 N–H and O–H groups in total. The molecular formula is C5H12O2S. The zero-order valence-electron chi connectivity index (χ0n) is 5.26. The van der Waals surface area contributed by atoms with E-state index in [1.165, 1.54) is 0 Å². The highest BCUT2D eigenvalue weighted by Gasteiger charge is 2.08. The fraction of sp³-hybridized carbons (Fsp3) is 1.00. The van der Waals surface area contributed by atoms with Crippen molar-refractivity contribution >= 4 is 11.2 Å². The second-order valence-corrected chi connectivity index (χ2v) is 3.62. The van der Waals surface area contributed by atoms with Crippen LogP contribution in [0.4, 0.5) is 0 Å². The molecule has 0 amide bonds. The molecule has 3 heteroatoms. The first-order chi connectivity index (χ1) is 3.68. The molecular weight excluding hydrogens is 124 g/mol. The summed E-state index contributed by atoms with van der Waals surface area (Å²) in [5.41, 5.74) is 0. The first-order valence-corrected chi connectivity index (χ1v) is 4.23. The van der Waals surface area contributed by atoms with Gasteiger partial charge in [0, 0.05) is 13.0 Å². The fourth-order valence-electron chi connectivity index (χ4n) is 0.348. The van der Waals surface area contributed by atoms with Gasteiger partial charge in [0.15, 0.2) is 0 Å². The van der Waals surface area contributed by atoms with Crippen molar-refractivity contribution in [1.29, 1.82) is 0 Å². The number of hydrogen-bond donors (Lipinski definition) is 1. The Morgan fingerprint density at radius 2 is 2.25 bits per heavy atom. The lowest BCUT2D eigenvalue weighted by molar-refractivity contribution is 0.287. The summed E-state index contributed by atoms with van der Waals surface area (Å²) in [5, 5.41) is 8.49. The van der Waals surface area contributed by atoms with Crippen molar-refractivity contribution in [3.8, 4) is 0 Å². The molecule has 0 aliphatic heterocycles. The Morgan fingerprint density at radius 1 is 1.75 bits per heavy atom. The summed E-state index contributed by atoms with van der Waals surface area (Å²) in [6.45, 7) is 2.01. The predicted octanol–water partition coefficient (Wildman–Crippen LogP) is 0.136. The van der Waals surface area contributed by atoms with Gasteiger partial charge in [-0.15, -0.1) is 0 Å². The molecule has 0 aromatic heterocycles. The van der Waals surface area contributed by atoms with Gasteiger partial charge in [0.1, 0.15) is 5.25 Å². The maximum atomic E-state index is 10.5. The molecule has 50 valence electrons. The Bertz CT molecular complexity index is 56.4. The number of rotatable bonds is 3. The van der Waals surface area contributed by atoms with E-state index in [1.54, 1.807) is 6.26 Å². The molecule has 0 aromatic carbocycles. The van der Waals surface area contributed by atoms with Gasteiger partial charge >= 0.3 is 0 Å². The highest BCUT2D eigenvalue weighted by molar-refractivity contribution is 7.91. The van der Waals surface area contributed by atoms with Crippen molar-refractivity contribution < 1.29 is 9.66 Å². The molecule has 0 rings (SSSR count). The van der Waals surface area contributed by atoms with E-state index in [0.29, 0.717) is 6.42 Å². The van der Waals surface area contributed by atoms with Crippen LogP contribution < -0.4 is 0 Å². The Hall–Kier alpha value is 0.270. The molecule has 0 aliphatic rings. The number of aliphatic hydroxyl groups is 1. The van der Waals surface area contributed by atoms with Gasteiger partial charge in [-0.25, -0.2) is 0 Å². The zero-order chi connectivity index (χ0) is 6.57. The van der Waals surface area contributed by atoms with Crippen molar-refractivity contribution in [2.24, 2.45) is 0 Å². The van der Waals surface area contributed by atoms with Gasteiger partial charge in [-0.1, -0.05) is 11.2 Å². The second-order valence-electron chi connectivity index (χ2n) is 1.82. The van der Waals surface area contributed by atoms with Crippen LogP contribution in [-0.2, 0) is 11.2 Å². The Labute approximate surface area is 53.1 Å². The van der Waals surface area contributed by atoms with Gasteiger partial charge in [-0.3, -0.25) is 0 Å². The van der Waals surface area contributed by atoms with Crippen molar-refractivity contribution in [1.82, 2.24) is 0 Å². The fourth-order valence-corrected chi connectivity index (χ4v) is 0.785. The highest BCUT2D eigenvalue weighted by atomic mass is 32.2. The van der Waals surface area contributed by atoms with Crippen LogP contribution in [0, 0.1) is 0 Å². The Balaban J connectivity index is 3.17. The van der Waals surface area contributed by atoms with Crippen LogP contribution in [0.3, 0.4) is 0 Å². The molecule has 0 aromatic rings. The van der Waals surface area contributed by atoms with Gasteiger partial charge in [-0.05, 0) is 6.92 Å². The molecule has 0 fully saturated rings. The third-order valence-corrected chi connectivity index (χ3v) is 2.47. The summed E-state index contributed by atoms with van der Waals surface area (Å²) < 4.78 is 10.5. The summed E-state index contributed by atoms with van der Waals surface area (Å²) in [7, 11) is 0. The summed E-state index contributed by atoms with van der Waals surface area (Å²) >= 11 is -0.770. The molecule has 0 saturated carbocycles. The molecule has 0 spiro atoms. The smallest absolute Gasteiger partial charge is 0.114 e. The van der Waals surface area contributed by atoms with Gasteiger partial charge in [0.2, 0.25) is 0 Å².